The zero-order valence-corrected chi connectivity index (χ0v) is 12.2. The van der Waals surface area contributed by atoms with Gasteiger partial charge >= 0.3 is 0 Å². The minimum Gasteiger partial charge on any atom is -0.310 e. The van der Waals surface area contributed by atoms with Crippen molar-refractivity contribution < 1.29 is 0 Å². The number of benzene rings is 1. The van der Waals surface area contributed by atoms with Gasteiger partial charge in [0.25, 0.3) is 0 Å². The highest BCUT2D eigenvalue weighted by Gasteiger charge is 1.97. The summed E-state index contributed by atoms with van der Waals surface area (Å²) in [5.74, 6) is 1.14. The lowest BCUT2D eigenvalue weighted by Crippen LogP contribution is -2.06. The van der Waals surface area contributed by atoms with E-state index in [0.717, 1.165) is 22.0 Å². The standard InChI is InChI=1S/C13H19ClN2S/c1-4-5-8-17-16(3)10-15-13-7-6-12(14)9-11(13)2/h6-7,9-10H,4-5,8H2,1-3H3. The molecule has 0 amide bonds. The molecule has 1 aromatic carbocycles. The predicted molar refractivity (Wildman–Crippen MR) is 79.5 cm³/mol. The molecule has 17 heavy (non-hydrogen) atoms. The second-order valence-corrected chi connectivity index (χ2v) is 5.59. The van der Waals surface area contributed by atoms with Crippen LogP contribution < -0.4 is 0 Å². The van der Waals surface area contributed by atoms with Crippen LogP contribution in [0.3, 0.4) is 0 Å². The van der Waals surface area contributed by atoms with Crippen LogP contribution >= 0.6 is 23.5 Å². The van der Waals surface area contributed by atoms with E-state index >= 15 is 0 Å². The Morgan fingerprint density at radius 2 is 2.24 bits per heavy atom. The molecule has 0 saturated heterocycles. The molecule has 0 aromatic heterocycles. The van der Waals surface area contributed by atoms with Crippen molar-refractivity contribution in [1.82, 2.24) is 4.31 Å². The van der Waals surface area contributed by atoms with Crippen LogP contribution in [0.1, 0.15) is 25.3 Å². The Hall–Kier alpha value is -0.670. The van der Waals surface area contributed by atoms with E-state index in [-0.39, 0.29) is 0 Å². The number of nitrogens with zero attached hydrogens (tertiary/aromatic N) is 2. The molecule has 0 atom stereocenters. The number of aliphatic imine (C=N–C) groups is 1. The molecule has 2 nitrogen and oxygen atoms in total. The average molecular weight is 271 g/mol. The monoisotopic (exact) mass is 270 g/mol. The summed E-state index contributed by atoms with van der Waals surface area (Å²) >= 11 is 7.68. The topological polar surface area (TPSA) is 15.6 Å². The summed E-state index contributed by atoms with van der Waals surface area (Å²) in [7, 11) is 2.02. The van der Waals surface area contributed by atoms with Gasteiger partial charge in [0.05, 0.1) is 5.69 Å². The van der Waals surface area contributed by atoms with Crippen molar-refractivity contribution in [3.05, 3.63) is 28.8 Å². The first-order chi connectivity index (χ1) is 8.13. The molecule has 0 spiro atoms. The summed E-state index contributed by atoms with van der Waals surface area (Å²) in [6.45, 7) is 4.22. The maximum atomic E-state index is 5.90. The first kappa shape index (κ1) is 14.4. The normalized spacial score (nSPS) is 11.1. The molecule has 0 saturated carbocycles. The Kier molecular flexibility index (Phi) is 6.45. The number of aryl methyl sites for hydroxylation is 1. The molecule has 0 fully saturated rings. The smallest absolute Gasteiger partial charge is 0.101 e. The van der Waals surface area contributed by atoms with Crippen molar-refractivity contribution in [3.63, 3.8) is 0 Å². The molecule has 1 aromatic rings. The van der Waals surface area contributed by atoms with Crippen LogP contribution in [0, 0.1) is 6.92 Å². The molecule has 0 radical (unpaired) electrons. The Morgan fingerprint density at radius 3 is 2.88 bits per heavy atom. The molecule has 0 unspecified atom stereocenters. The van der Waals surface area contributed by atoms with Crippen molar-refractivity contribution in [2.75, 3.05) is 12.8 Å². The second kappa shape index (κ2) is 7.62. The summed E-state index contributed by atoms with van der Waals surface area (Å²) in [5.41, 5.74) is 2.07. The molecule has 0 aliphatic carbocycles. The summed E-state index contributed by atoms with van der Waals surface area (Å²) in [4.78, 5) is 4.45. The largest absolute Gasteiger partial charge is 0.310 e. The van der Waals surface area contributed by atoms with Crippen LogP contribution in [-0.2, 0) is 0 Å². The van der Waals surface area contributed by atoms with Crippen LogP contribution in [0.5, 0.6) is 0 Å². The van der Waals surface area contributed by atoms with E-state index in [1.165, 1.54) is 12.8 Å². The average Bonchev–Trinajstić information content (AvgIpc) is 2.28. The number of hydrogen-bond acceptors (Lipinski definition) is 2. The fourth-order valence-corrected chi connectivity index (χ4v) is 2.34. The maximum Gasteiger partial charge on any atom is 0.101 e. The van der Waals surface area contributed by atoms with Gasteiger partial charge < -0.3 is 4.31 Å². The minimum atomic E-state index is 0.757. The Bertz CT molecular complexity index is 380. The lowest BCUT2D eigenvalue weighted by molar-refractivity contribution is 0.842. The van der Waals surface area contributed by atoms with E-state index in [4.69, 9.17) is 11.6 Å². The third-order valence-electron chi connectivity index (χ3n) is 2.31. The SMILES string of the molecule is CCCCSN(C)C=Nc1ccc(Cl)cc1C. The molecule has 0 N–H and O–H groups in total. The maximum absolute atomic E-state index is 5.90. The Morgan fingerprint density at radius 1 is 1.47 bits per heavy atom. The van der Waals surface area contributed by atoms with Crippen molar-refractivity contribution >= 4 is 35.6 Å². The molecule has 1 rings (SSSR count). The van der Waals surface area contributed by atoms with E-state index in [1.54, 1.807) is 11.9 Å². The van der Waals surface area contributed by atoms with Crippen LogP contribution in [0.25, 0.3) is 0 Å². The van der Waals surface area contributed by atoms with Gasteiger partial charge in [-0.3, -0.25) is 0 Å². The Balaban J connectivity index is 2.51. The Labute approximate surface area is 113 Å². The molecular formula is C13H19ClN2S. The zero-order chi connectivity index (χ0) is 12.7. The van der Waals surface area contributed by atoms with Crippen LogP contribution in [-0.4, -0.2) is 23.4 Å². The quantitative estimate of drug-likeness (QED) is 0.323. The molecular weight excluding hydrogens is 252 g/mol. The van der Waals surface area contributed by atoms with Gasteiger partial charge in [-0.15, -0.1) is 0 Å². The highest BCUT2D eigenvalue weighted by molar-refractivity contribution is 7.97. The van der Waals surface area contributed by atoms with E-state index in [0.29, 0.717) is 0 Å². The third-order valence-corrected chi connectivity index (χ3v) is 3.52. The van der Waals surface area contributed by atoms with Crippen LogP contribution in [0.2, 0.25) is 5.02 Å². The number of halogens is 1. The summed E-state index contributed by atoms with van der Waals surface area (Å²) in [5, 5.41) is 0.757. The zero-order valence-electron chi connectivity index (χ0n) is 10.6. The number of hydrogen-bond donors (Lipinski definition) is 0. The highest BCUT2D eigenvalue weighted by Crippen LogP contribution is 2.22. The van der Waals surface area contributed by atoms with Gasteiger partial charge in [-0.1, -0.05) is 24.9 Å². The third kappa shape index (κ3) is 5.46. The summed E-state index contributed by atoms with van der Waals surface area (Å²) < 4.78 is 2.05. The molecule has 0 bridgehead atoms. The van der Waals surface area contributed by atoms with Gasteiger partial charge in [0.15, 0.2) is 0 Å². The number of rotatable bonds is 6. The molecule has 94 valence electrons. The number of unbranched alkanes of at least 4 members (excludes halogenated alkanes) is 1. The highest BCUT2D eigenvalue weighted by atomic mass is 35.5. The second-order valence-electron chi connectivity index (χ2n) is 3.91. The van der Waals surface area contributed by atoms with Gasteiger partial charge in [0.1, 0.15) is 6.34 Å². The first-order valence-corrected chi connectivity index (χ1v) is 7.11. The first-order valence-electron chi connectivity index (χ1n) is 5.79. The summed E-state index contributed by atoms with van der Waals surface area (Å²) in [6, 6.07) is 5.74. The van der Waals surface area contributed by atoms with Crippen LogP contribution in [0.4, 0.5) is 5.69 Å². The molecule has 4 heteroatoms. The lowest BCUT2D eigenvalue weighted by atomic mass is 10.2. The van der Waals surface area contributed by atoms with Crippen molar-refractivity contribution in [3.8, 4) is 0 Å². The lowest BCUT2D eigenvalue weighted by Gasteiger charge is -2.11. The van der Waals surface area contributed by atoms with Gasteiger partial charge in [-0.25, -0.2) is 4.99 Å². The fourth-order valence-electron chi connectivity index (χ4n) is 1.29. The van der Waals surface area contributed by atoms with Crippen molar-refractivity contribution in [2.45, 2.75) is 26.7 Å². The molecule has 0 heterocycles. The molecule has 0 aliphatic heterocycles. The van der Waals surface area contributed by atoms with Gasteiger partial charge in [0, 0.05) is 17.8 Å². The van der Waals surface area contributed by atoms with E-state index < -0.39 is 0 Å². The van der Waals surface area contributed by atoms with Gasteiger partial charge in [-0.2, -0.15) is 0 Å². The fraction of sp³-hybridized carbons (Fsp3) is 0.462. The van der Waals surface area contributed by atoms with Crippen LogP contribution in [0.15, 0.2) is 23.2 Å². The predicted octanol–water partition coefficient (Wildman–Crippen LogP) is 4.69. The summed E-state index contributed by atoms with van der Waals surface area (Å²) in [6.07, 6.45) is 4.33. The minimum absolute atomic E-state index is 0.757. The van der Waals surface area contributed by atoms with E-state index in [1.807, 2.05) is 42.8 Å². The van der Waals surface area contributed by atoms with Crippen molar-refractivity contribution in [1.29, 1.82) is 0 Å². The van der Waals surface area contributed by atoms with E-state index in [2.05, 4.69) is 11.9 Å². The van der Waals surface area contributed by atoms with E-state index in [9.17, 15) is 0 Å². The molecule has 0 aliphatic rings. The van der Waals surface area contributed by atoms with Crippen molar-refractivity contribution in [2.24, 2.45) is 4.99 Å². The van der Waals surface area contributed by atoms with Gasteiger partial charge in [-0.05, 0) is 49.1 Å². The van der Waals surface area contributed by atoms with Gasteiger partial charge in [0.2, 0.25) is 0 Å².